The summed E-state index contributed by atoms with van der Waals surface area (Å²) in [5, 5.41) is 17.8. The lowest BCUT2D eigenvalue weighted by Crippen LogP contribution is -2.26. The Bertz CT molecular complexity index is 609. The molecule has 1 N–H and O–H groups in total. The van der Waals surface area contributed by atoms with Gasteiger partial charge in [-0.3, -0.25) is 0 Å². The van der Waals surface area contributed by atoms with Crippen LogP contribution in [0.2, 0.25) is 0 Å². The fourth-order valence-corrected chi connectivity index (χ4v) is 2.44. The highest BCUT2D eigenvalue weighted by molar-refractivity contribution is 5.31. The average Bonchev–Trinajstić information content (AvgIpc) is 2.76. The van der Waals surface area contributed by atoms with Crippen LogP contribution < -0.4 is 0 Å². The molecule has 0 amide bonds. The molecule has 1 aromatic carbocycles. The monoisotopic (exact) mass is 273 g/mol. The normalized spacial score (nSPS) is 11.9. The predicted octanol–water partition coefficient (Wildman–Crippen LogP) is 2.73. The smallest absolute Gasteiger partial charge is 0.159 e. The van der Waals surface area contributed by atoms with Crippen LogP contribution in [-0.2, 0) is 18.6 Å². The zero-order valence-corrected chi connectivity index (χ0v) is 12.9. The van der Waals surface area contributed by atoms with E-state index < -0.39 is 0 Å². The molecular weight excluding hydrogens is 250 g/mol. The molecule has 0 saturated carbocycles. The first-order chi connectivity index (χ1) is 9.32. The molecule has 0 radical (unpaired) electrons. The molecule has 0 saturated heterocycles. The molecule has 20 heavy (non-hydrogen) atoms. The number of nitrogens with zero attached hydrogens (tertiary/aromatic N) is 3. The van der Waals surface area contributed by atoms with Crippen LogP contribution in [0.1, 0.15) is 49.1 Å². The van der Waals surface area contributed by atoms with E-state index in [1.807, 2.05) is 4.57 Å². The first kappa shape index (κ1) is 14.7. The second kappa shape index (κ2) is 5.37. The predicted molar refractivity (Wildman–Crippen MR) is 79.7 cm³/mol. The van der Waals surface area contributed by atoms with Gasteiger partial charge in [-0.2, -0.15) is 0 Å². The number of aliphatic hydroxyl groups excluding tert-OH is 1. The summed E-state index contributed by atoms with van der Waals surface area (Å²) in [6.45, 7) is 10.4. The first-order valence-electron chi connectivity index (χ1n) is 6.93. The Kier molecular flexibility index (Phi) is 3.95. The van der Waals surface area contributed by atoms with Gasteiger partial charge >= 0.3 is 0 Å². The van der Waals surface area contributed by atoms with E-state index in [2.05, 4.69) is 63.0 Å². The summed E-state index contributed by atoms with van der Waals surface area (Å²) in [6.07, 6.45) is 0.728. The van der Waals surface area contributed by atoms with Gasteiger partial charge in [0.1, 0.15) is 12.4 Å². The fraction of sp³-hybridized carbons (Fsp3) is 0.500. The van der Waals surface area contributed by atoms with Crippen molar-refractivity contribution in [3.05, 3.63) is 46.5 Å². The minimum absolute atomic E-state index is 0.0861. The zero-order chi connectivity index (χ0) is 14.9. The van der Waals surface area contributed by atoms with E-state index in [1.165, 1.54) is 16.7 Å². The van der Waals surface area contributed by atoms with Crippen LogP contribution in [0.25, 0.3) is 0 Å². The zero-order valence-electron chi connectivity index (χ0n) is 12.9. The number of benzene rings is 1. The Hall–Kier alpha value is -1.68. The molecule has 0 fully saturated rings. The Morgan fingerprint density at radius 2 is 1.70 bits per heavy atom. The van der Waals surface area contributed by atoms with E-state index in [1.54, 1.807) is 0 Å². The summed E-state index contributed by atoms with van der Waals surface area (Å²) in [6, 6.07) is 6.45. The second-order valence-electron chi connectivity index (χ2n) is 6.29. The lowest BCUT2D eigenvalue weighted by atomic mass is 10.0. The third-order valence-electron chi connectivity index (χ3n) is 3.54. The van der Waals surface area contributed by atoms with Crippen molar-refractivity contribution < 1.29 is 5.11 Å². The van der Waals surface area contributed by atoms with E-state index in [0.717, 1.165) is 12.2 Å². The SMILES string of the molecule is Cc1ccc(Cc2nnc(CO)n2C(C)(C)C)cc1C. The first-order valence-corrected chi connectivity index (χ1v) is 6.93. The van der Waals surface area contributed by atoms with Crippen LogP contribution >= 0.6 is 0 Å². The van der Waals surface area contributed by atoms with Crippen molar-refractivity contribution in [2.24, 2.45) is 0 Å². The molecule has 0 aliphatic carbocycles. The van der Waals surface area contributed by atoms with Crippen LogP contribution in [-0.4, -0.2) is 19.9 Å². The number of aliphatic hydroxyl groups is 1. The molecule has 4 heteroatoms. The van der Waals surface area contributed by atoms with Crippen LogP contribution in [0.5, 0.6) is 0 Å². The van der Waals surface area contributed by atoms with Gasteiger partial charge in [0.05, 0.1) is 0 Å². The number of aryl methyl sites for hydroxylation is 2. The lowest BCUT2D eigenvalue weighted by Gasteiger charge is -2.24. The third-order valence-corrected chi connectivity index (χ3v) is 3.54. The van der Waals surface area contributed by atoms with Gasteiger partial charge in [0, 0.05) is 12.0 Å². The Labute approximate surface area is 120 Å². The molecule has 2 aromatic rings. The third kappa shape index (κ3) is 2.90. The molecule has 108 valence electrons. The van der Waals surface area contributed by atoms with Crippen molar-refractivity contribution in [1.82, 2.24) is 14.8 Å². The minimum Gasteiger partial charge on any atom is -0.388 e. The molecule has 0 atom stereocenters. The van der Waals surface area contributed by atoms with Gasteiger partial charge in [0.25, 0.3) is 0 Å². The summed E-state index contributed by atoms with van der Waals surface area (Å²) < 4.78 is 2.03. The highest BCUT2D eigenvalue weighted by atomic mass is 16.3. The maximum atomic E-state index is 9.42. The number of rotatable bonds is 3. The summed E-state index contributed by atoms with van der Waals surface area (Å²) >= 11 is 0. The standard InChI is InChI=1S/C16H23N3O/c1-11-6-7-13(8-12(11)2)9-14-17-18-15(10-20)19(14)16(3,4)5/h6-8,20H,9-10H2,1-5H3. The Balaban J connectivity index is 2.38. The van der Waals surface area contributed by atoms with Crippen molar-refractivity contribution in [3.8, 4) is 0 Å². The quantitative estimate of drug-likeness (QED) is 0.935. The van der Waals surface area contributed by atoms with E-state index in [9.17, 15) is 5.11 Å². The molecular formula is C16H23N3O. The fourth-order valence-electron chi connectivity index (χ4n) is 2.44. The number of aromatic nitrogens is 3. The van der Waals surface area contributed by atoms with Crippen molar-refractivity contribution >= 4 is 0 Å². The minimum atomic E-state index is -0.142. The van der Waals surface area contributed by atoms with Gasteiger partial charge in [-0.25, -0.2) is 0 Å². The molecule has 0 aliphatic heterocycles. The van der Waals surface area contributed by atoms with Crippen molar-refractivity contribution in [2.75, 3.05) is 0 Å². The van der Waals surface area contributed by atoms with Crippen LogP contribution in [0.3, 0.4) is 0 Å². The van der Waals surface area contributed by atoms with Crippen molar-refractivity contribution in [1.29, 1.82) is 0 Å². The van der Waals surface area contributed by atoms with Gasteiger partial charge in [0.2, 0.25) is 0 Å². The van der Waals surface area contributed by atoms with E-state index in [-0.39, 0.29) is 12.1 Å². The van der Waals surface area contributed by atoms with Gasteiger partial charge in [-0.15, -0.1) is 10.2 Å². The molecule has 1 heterocycles. The second-order valence-corrected chi connectivity index (χ2v) is 6.29. The summed E-state index contributed by atoms with van der Waals surface area (Å²) in [5.74, 6) is 1.51. The van der Waals surface area contributed by atoms with Crippen molar-refractivity contribution in [2.45, 2.75) is 53.2 Å². The number of hydrogen-bond donors (Lipinski definition) is 1. The summed E-state index contributed by atoms with van der Waals surface area (Å²) in [7, 11) is 0. The molecule has 0 spiro atoms. The van der Waals surface area contributed by atoms with Crippen LogP contribution in [0, 0.1) is 13.8 Å². The van der Waals surface area contributed by atoms with E-state index in [0.29, 0.717) is 5.82 Å². The summed E-state index contributed by atoms with van der Waals surface area (Å²) in [5.41, 5.74) is 3.65. The van der Waals surface area contributed by atoms with Gasteiger partial charge in [0.15, 0.2) is 5.82 Å². The highest BCUT2D eigenvalue weighted by Crippen LogP contribution is 2.21. The Morgan fingerprint density at radius 1 is 1.05 bits per heavy atom. The maximum Gasteiger partial charge on any atom is 0.159 e. The topological polar surface area (TPSA) is 50.9 Å². The van der Waals surface area contributed by atoms with E-state index in [4.69, 9.17) is 0 Å². The molecule has 1 aromatic heterocycles. The molecule has 4 nitrogen and oxygen atoms in total. The van der Waals surface area contributed by atoms with Crippen LogP contribution in [0.15, 0.2) is 18.2 Å². The molecule has 0 bridgehead atoms. The molecule has 0 aliphatic rings. The molecule has 2 rings (SSSR count). The van der Waals surface area contributed by atoms with Gasteiger partial charge < -0.3 is 9.67 Å². The Morgan fingerprint density at radius 3 is 2.25 bits per heavy atom. The maximum absolute atomic E-state index is 9.42. The van der Waals surface area contributed by atoms with Crippen LogP contribution in [0.4, 0.5) is 0 Å². The largest absolute Gasteiger partial charge is 0.388 e. The summed E-state index contributed by atoms with van der Waals surface area (Å²) in [4.78, 5) is 0. The van der Waals surface area contributed by atoms with E-state index >= 15 is 0 Å². The van der Waals surface area contributed by atoms with Crippen molar-refractivity contribution in [3.63, 3.8) is 0 Å². The van der Waals surface area contributed by atoms with Gasteiger partial charge in [-0.1, -0.05) is 18.2 Å². The average molecular weight is 273 g/mol. The number of hydrogen-bond acceptors (Lipinski definition) is 3. The van der Waals surface area contributed by atoms with Gasteiger partial charge in [-0.05, 0) is 51.3 Å². The lowest BCUT2D eigenvalue weighted by molar-refractivity contribution is 0.248. The molecule has 0 unspecified atom stereocenters. The highest BCUT2D eigenvalue weighted by Gasteiger charge is 2.22.